The molecule has 3 aromatic rings. The van der Waals surface area contributed by atoms with Crippen LogP contribution >= 0.6 is 12.8 Å². The van der Waals surface area contributed by atoms with Gasteiger partial charge >= 0.3 is 0 Å². The van der Waals surface area contributed by atoms with E-state index >= 15 is 0 Å². The van der Waals surface area contributed by atoms with Gasteiger partial charge in [0.1, 0.15) is 5.65 Å². The normalized spacial score (nSPS) is 21.9. The first-order valence-corrected chi connectivity index (χ1v) is 8.73. The Hall–Kier alpha value is -1.75. The van der Waals surface area contributed by atoms with Crippen molar-refractivity contribution in [3.05, 3.63) is 36.4 Å². The quantitative estimate of drug-likeness (QED) is 0.707. The van der Waals surface area contributed by atoms with Crippen LogP contribution in [0.2, 0.25) is 0 Å². The van der Waals surface area contributed by atoms with E-state index in [9.17, 15) is 0 Å². The maximum Gasteiger partial charge on any atom is 0.150 e. The first-order chi connectivity index (χ1) is 11.1. The molecule has 0 amide bonds. The first-order valence-electron chi connectivity index (χ1n) is 8.33. The van der Waals surface area contributed by atoms with Crippen molar-refractivity contribution in [3.8, 4) is 11.1 Å². The van der Waals surface area contributed by atoms with Gasteiger partial charge < -0.3 is 0 Å². The zero-order valence-corrected chi connectivity index (χ0v) is 14.5. The van der Waals surface area contributed by atoms with Gasteiger partial charge in [-0.1, -0.05) is 39.0 Å². The highest BCUT2D eigenvalue weighted by atomic mass is 32.1. The number of hydrogen-bond acceptors (Lipinski definition) is 3. The van der Waals surface area contributed by atoms with E-state index in [1.165, 1.54) is 36.6 Å². The summed E-state index contributed by atoms with van der Waals surface area (Å²) in [5.74, 6) is 1.37. The van der Waals surface area contributed by atoms with E-state index in [1.54, 1.807) is 0 Å². The predicted molar refractivity (Wildman–Crippen MR) is 96.7 cm³/mol. The molecule has 3 aromatic heterocycles. The van der Waals surface area contributed by atoms with Crippen molar-refractivity contribution in [1.82, 2.24) is 18.7 Å². The Balaban J connectivity index is 1.84. The van der Waals surface area contributed by atoms with Gasteiger partial charge in [0.05, 0.1) is 6.20 Å². The molecule has 0 aromatic carbocycles. The molecule has 1 fully saturated rings. The summed E-state index contributed by atoms with van der Waals surface area (Å²) >= 11 is 4.53. The number of aryl methyl sites for hydroxylation is 1. The van der Waals surface area contributed by atoms with E-state index in [2.05, 4.69) is 37.1 Å². The lowest BCUT2D eigenvalue weighted by Crippen LogP contribution is -2.14. The summed E-state index contributed by atoms with van der Waals surface area (Å²) in [6.45, 7) is 2.37. The summed E-state index contributed by atoms with van der Waals surface area (Å²) in [4.78, 5) is 4.70. The van der Waals surface area contributed by atoms with Crippen LogP contribution in [0.4, 0.5) is 0 Å². The van der Waals surface area contributed by atoms with Crippen molar-refractivity contribution in [2.45, 2.75) is 38.5 Å². The molecule has 0 radical (unpaired) electrons. The predicted octanol–water partition coefficient (Wildman–Crippen LogP) is 4.42. The highest BCUT2D eigenvalue weighted by Gasteiger charge is 2.24. The van der Waals surface area contributed by atoms with Gasteiger partial charge in [-0.15, -0.1) is 0 Å². The molecule has 120 valence electrons. The van der Waals surface area contributed by atoms with Crippen LogP contribution in [0.25, 0.3) is 22.2 Å². The Kier molecular flexibility index (Phi) is 3.68. The third-order valence-corrected chi connectivity index (χ3v) is 5.51. The summed E-state index contributed by atoms with van der Waals surface area (Å²) < 4.78 is 3.64. The van der Waals surface area contributed by atoms with Crippen molar-refractivity contribution >= 4 is 23.8 Å². The van der Waals surface area contributed by atoms with Crippen LogP contribution < -0.4 is 0 Å². The molecule has 3 heterocycles. The molecule has 0 aliphatic heterocycles. The van der Waals surface area contributed by atoms with E-state index < -0.39 is 0 Å². The summed E-state index contributed by atoms with van der Waals surface area (Å²) in [5, 5.41) is 5.47. The fourth-order valence-corrected chi connectivity index (χ4v) is 4.19. The van der Waals surface area contributed by atoms with Crippen molar-refractivity contribution in [1.29, 1.82) is 0 Å². The van der Waals surface area contributed by atoms with Crippen LogP contribution in [0, 0.1) is 5.92 Å². The minimum Gasteiger partial charge on any atom is -0.277 e. The van der Waals surface area contributed by atoms with Gasteiger partial charge in [0.25, 0.3) is 0 Å². The molecule has 0 spiro atoms. The Morgan fingerprint density at radius 2 is 2.00 bits per heavy atom. The molecule has 1 saturated carbocycles. The second kappa shape index (κ2) is 5.71. The lowest BCUT2D eigenvalue weighted by molar-refractivity contribution is 0.330. The maximum atomic E-state index is 4.70. The Morgan fingerprint density at radius 1 is 1.17 bits per heavy atom. The minimum absolute atomic E-state index is 0.630. The van der Waals surface area contributed by atoms with Crippen LogP contribution in [0.15, 0.2) is 30.9 Å². The minimum atomic E-state index is 0.630. The fourth-order valence-electron chi connectivity index (χ4n) is 3.91. The van der Waals surface area contributed by atoms with E-state index in [-0.39, 0.29) is 0 Å². The molecule has 23 heavy (non-hydrogen) atoms. The molecule has 0 bridgehead atoms. The van der Waals surface area contributed by atoms with Gasteiger partial charge in [-0.05, 0) is 29.9 Å². The Morgan fingerprint density at radius 3 is 2.74 bits per heavy atom. The lowest BCUT2D eigenvalue weighted by atomic mass is 9.77. The van der Waals surface area contributed by atoms with Gasteiger partial charge in [-0.2, -0.15) is 5.10 Å². The van der Waals surface area contributed by atoms with Crippen LogP contribution in [0.5, 0.6) is 0 Å². The van der Waals surface area contributed by atoms with E-state index in [0.717, 1.165) is 22.7 Å². The Bertz CT molecular complexity index is 848. The highest BCUT2D eigenvalue weighted by Crippen LogP contribution is 2.39. The summed E-state index contributed by atoms with van der Waals surface area (Å²) in [5.41, 5.74) is 4.55. The van der Waals surface area contributed by atoms with Crippen LogP contribution in [-0.4, -0.2) is 18.7 Å². The highest BCUT2D eigenvalue weighted by molar-refractivity contribution is 7.78. The van der Waals surface area contributed by atoms with Gasteiger partial charge in [-0.25, -0.2) is 4.98 Å². The fraction of sp³-hybridized carbons (Fsp3) is 0.444. The van der Waals surface area contributed by atoms with Gasteiger partial charge in [0.15, 0.2) is 0 Å². The van der Waals surface area contributed by atoms with Crippen molar-refractivity contribution < 1.29 is 0 Å². The smallest absolute Gasteiger partial charge is 0.150 e. The molecule has 1 aliphatic rings. The van der Waals surface area contributed by atoms with Gasteiger partial charge in [0.2, 0.25) is 0 Å². The first kappa shape index (κ1) is 14.8. The van der Waals surface area contributed by atoms with E-state index in [1.807, 2.05) is 34.3 Å². The second-order valence-corrected chi connectivity index (χ2v) is 7.23. The largest absolute Gasteiger partial charge is 0.277 e. The molecule has 0 N–H and O–H groups in total. The molecular weight excluding hydrogens is 304 g/mol. The van der Waals surface area contributed by atoms with Crippen LogP contribution in [0.3, 0.4) is 0 Å². The third kappa shape index (κ3) is 2.57. The maximum absolute atomic E-state index is 4.70. The standard InChI is InChI=1S/C18H22N4S/c1-12-5-3-4-6-15(12)13-7-16-17(14-9-20-21(2)10-14)11-22(23)18(16)19-8-13/h7-12,15,23H,3-6H2,1-2H3. The molecule has 2 atom stereocenters. The van der Waals surface area contributed by atoms with Gasteiger partial charge in [-0.3, -0.25) is 8.65 Å². The molecule has 2 unspecified atom stereocenters. The number of aromatic nitrogens is 4. The second-order valence-electron chi connectivity index (χ2n) is 6.80. The van der Waals surface area contributed by atoms with Crippen LogP contribution in [-0.2, 0) is 7.05 Å². The van der Waals surface area contributed by atoms with Crippen LogP contribution in [0.1, 0.15) is 44.1 Å². The average Bonchev–Trinajstić information content (AvgIpc) is 3.11. The molecule has 5 heteroatoms. The summed E-state index contributed by atoms with van der Waals surface area (Å²) in [6, 6.07) is 2.32. The number of nitrogens with zero attached hydrogens (tertiary/aromatic N) is 4. The van der Waals surface area contributed by atoms with E-state index in [0.29, 0.717) is 5.92 Å². The molecule has 4 rings (SSSR count). The summed E-state index contributed by atoms with van der Waals surface area (Å²) in [6.07, 6.45) is 13.3. The monoisotopic (exact) mass is 326 g/mol. The molecule has 4 nitrogen and oxygen atoms in total. The molecular formula is C18H22N4S. The molecule has 1 aliphatic carbocycles. The third-order valence-electron chi connectivity index (χ3n) is 5.20. The van der Waals surface area contributed by atoms with Gasteiger partial charge in [0, 0.05) is 42.2 Å². The summed E-state index contributed by atoms with van der Waals surface area (Å²) in [7, 11) is 1.94. The number of thiol groups is 1. The Labute approximate surface area is 142 Å². The SMILES string of the molecule is CC1CCCCC1c1cnc2c(c1)c(-c1cnn(C)c1)cn2S. The lowest BCUT2D eigenvalue weighted by Gasteiger charge is -2.28. The zero-order valence-electron chi connectivity index (χ0n) is 13.6. The average molecular weight is 326 g/mol. The zero-order chi connectivity index (χ0) is 16.0. The van der Waals surface area contributed by atoms with Crippen molar-refractivity contribution in [3.63, 3.8) is 0 Å². The number of hydrogen-bond donors (Lipinski definition) is 1. The van der Waals surface area contributed by atoms with Crippen molar-refractivity contribution in [2.75, 3.05) is 0 Å². The van der Waals surface area contributed by atoms with Crippen molar-refractivity contribution in [2.24, 2.45) is 13.0 Å². The van der Waals surface area contributed by atoms with E-state index in [4.69, 9.17) is 4.98 Å². The number of fused-ring (bicyclic) bond motifs is 1. The number of pyridine rings is 1. The topological polar surface area (TPSA) is 35.6 Å². The molecule has 0 saturated heterocycles. The number of rotatable bonds is 2.